The first-order valence-corrected chi connectivity index (χ1v) is 3.67. The predicted molar refractivity (Wildman–Crippen MR) is 42.4 cm³/mol. The lowest BCUT2D eigenvalue weighted by molar-refractivity contribution is 0.483. The van der Waals surface area contributed by atoms with Crippen molar-refractivity contribution in [3.63, 3.8) is 0 Å². The molecule has 0 unspecified atom stereocenters. The third kappa shape index (κ3) is 1.17. The summed E-state index contributed by atoms with van der Waals surface area (Å²) in [6, 6.07) is 2.20. The second kappa shape index (κ2) is 2.87. The summed E-state index contributed by atoms with van der Waals surface area (Å²) in [5, 5.41) is -0.387. The molecule has 2 aromatic rings. The first-order chi connectivity index (χ1) is 6.59. The van der Waals surface area contributed by atoms with Gasteiger partial charge in [-0.05, 0) is 6.07 Å². The Balaban J connectivity index is 3.02. The lowest BCUT2D eigenvalue weighted by Crippen LogP contribution is -1.98. The Morgan fingerprint density at radius 2 is 1.79 bits per heavy atom. The second-order valence-electron chi connectivity index (χ2n) is 2.65. The molecule has 0 N–H and O–H groups in total. The number of hydrogen-bond acceptors (Lipinski definition) is 2. The zero-order chi connectivity index (χ0) is 10.3. The highest BCUT2D eigenvalue weighted by molar-refractivity contribution is 5.77. The van der Waals surface area contributed by atoms with Crippen LogP contribution in [-0.4, -0.2) is 0 Å². The molecule has 5 heteroatoms. The summed E-state index contributed by atoms with van der Waals surface area (Å²) in [6.45, 7) is 0. The van der Waals surface area contributed by atoms with Gasteiger partial charge in [-0.25, -0.2) is 18.0 Å². The first kappa shape index (κ1) is 8.80. The van der Waals surface area contributed by atoms with Gasteiger partial charge in [0.05, 0.1) is 5.39 Å². The van der Waals surface area contributed by atoms with E-state index in [9.17, 15) is 18.0 Å². The molecule has 0 saturated carbocycles. The SMILES string of the molecule is O=c1ccc2c(F)c(F)cc(F)c2o1. The first-order valence-electron chi connectivity index (χ1n) is 3.67. The molecule has 0 aliphatic carbocycles. The van der Waals surface area contributed by atoms with Gasteiger partial charge in [-0.1, -0.05) is 0 Å². The van der Waals surface area contributed by atoms with Crippen LogP contribution in [0.1, 0.15) is 0 Å². The number of fused-ring (bicyclic) bond motifs is 1. The molecule has 0 bridgehead atoms. The Labute approximate surface area is 75.6 Å². The fraction of sp³-hybridized carbons (Fsp3) is 0. The minimum absolute atomic E-state index is 0.334. The average molecular weight is 200 g/mol. The third-order valence-electron chi connectivity index (χ3n) is 1.75. The molecule has 14 heavy (non-hydrogen) atoms. The van der Waals surface area contributed by atoms with Crippen molar-refractivity contribution in [2.24, 2.45) is 0 Å². The maximum Gasteiger partial charge on any atom is 0.336 e. The van der Waals surface area contributed by atoms with Gasteiger partial charge in [0.2, 0.25) is 0 Å². The standard InChI is InChI=1S/C9H3F3O2/c10-5-3-6(11)9-4(8(5)12)1-2-7(13)14-9/h1-3H. The summed E-state index contributed by atoms with van der Waals surface area (Å²) in [4.78, 5) is 10.7. The molecular weight excluding hydrogens is 197 g/mol. The van der Waals surface area contributed by atoms with Crippen LogP contribution in [-0.2, 0) is 0 Å². The van der Waals surface area contributed by atoms with Crippen LogP contribution in [0.3, 0.4) is 0 Å². The van der Waals surface area contributed by atoms with E-state index in [0.717, 1.165) is 12.1 Å². The van der Waals surface area contributed by atoms with Crippen LogP contribution in [0.2, 0.25) is 0 Å². The normalized spacial score (nSPS) is 10.8. The molecule has 0 atom stereocenters. The molecule has 0 radical (unpaired) electrons. The highest BCUT2D eigenvalue weighted by Crippen LogP contribution is 2.21. The van der Waals surface area contributed by atoms with Gasteiger partial charge in [-0.15, -0.1) is 0 Å². The number of halogens is 3. The largest absolute Gasteiger partial charge is 0.419 e. The van der Waals surface area contributed by atoms with E-state index in [4.69, 9.17) is 0 Å². The van der Waals surface area contributed by atoms with Gasteiger partial charge in [-0.2, -0.15) is 0 Å². The van der Waals surface area contributed by atoms with Gasteiger partial charge in [0.15, 0.2) is 23.0 Å². The quantitative estimate of drug-likeness (QED) is 0.482. The van der Waals surface area contributed by atoms with Crippen LogP contribution in [0.5, 0.6) is 0 Å². The Bertz CT molecular complexity index is 560. The van der Waals surface area contributed by atoms with Crippen LogP contribution < -0.4 is 5.63 Å². The zero-order valence-electron chi connectivity index (χ0n) is 6.68. The predicted octanol–water partition coefficient (Wildman–Crippen LogP) is 2.21. The third-order valence-corrected chi connectivity index (χ3v) is 1.75. The van der Waals surface area contributed by atoms with Crippen LogP contribution in [0.4, 0.5) is 13.2 Å². The summed E-state index contributed by atoms with van der Waals surface area (Å²) in [7, 11) is 0. The van der Waals surface area contributed by atoms with Crippen LogP contribution >= 0.6 is 0 Å². The van der Waals surface area contributed by atoms with Crippen molar-refractivity contribution in [1.82, 2.24) is 0 Å². The summed E-state index contributed by atoms with van der Waals surface area (Å²) >= 11 is 0. The Hall–Kier alpha value is -1.78. The Morgan fingerprint density at radius 1 is 1.07 bits per heavy atom. The van der Waals surface area contributed by atoms with Crippen molar-refractivity contribution in [1.29, 1.82) is 0 Å². The molecule has 0 saturated heterocycles. The molecule has 0 aliphatic heterocycles. The van der Waals surface area contributed by atoms with Crippen molar-refractivity contribution in [2.45, 2.75) is 0 Å². The zero-order valence-corrected chi connectivity index (χ0v) is 6.68. The lowest BCUT2D eigenvalue weighted by Gasteiger charge is -1.99. The monoisotopic (exact) mass is 200 g/mol. The van der Waals surface area contributed by atoms with Crippen molar-refractivity contribution in [3.05, 3.63) is 46.1 Å². The Kier molecular flexibility index (Phi) is 1.80. The molecule has 1 aromatic carbocycles. The maximum absolute atomic E-state index is 13.0. The van der Waals surface area contributed by atoms with Crippen molar-refractivity contribution < 1.29 is 17.6 Å². The molecule has 0 fully saturated rings. The van der Waals surface area contributed by atoms with Gasteiger partial charge in [0.1, 0.15) is 0 Å². The van der Waals surface area contributed by atoms with E-state index in [1.165, 1.54) is 0 Å². The second-order valence-corrected chi connectivity index (χ2v) is 2.65. The highest BCUT2D eigenvalue weighted by Gasteiger charge is 2.13. The highest BCUT2D eigenvalue weighted by atomic mass is 19.2. The number of benzene rings is 1. The van der Waals surface area contributed by atoms with E-state index in [1.807, 2.05) is 0 Å². The smallest absolute Gasteiger partial charge is 0.336 e. The number of hydrogen-bond donors (Lipinski definition) is 0. The molecule has 1 heterocycles. The van der Waals surface area contributed by atoms with Crippen molar-refractivity contribution in [3.8, 4) is 0 Å². The summed E-state index contributed by atoms with van der Waals surface area (Å²) in [5.41, 5.74) is -1.39. The van der Waals surface area contributed by atoms with Gasteiger partial charge in [0, 0.05) is 12.1 Å². The molecule has 0 spiro atoms. The van der Waals surface area contributed by atoms with E-state index < -0.39 is 28.7 Å². The molecule has 1 aromatic heterocycles. The van der Waals surface area contributed by atoms with E-state index in [2.05, 4.69) is 4.42 Å². The number of rotatable bonds is 0. The Morgan fingerprint density at radius 3 is 2.50 bits per heavy atom. The summed E-state index contributed by atoms with van der Waals surface area (Å²) in [6.07, 6.45) is 0. The van der Waals surface area contributed by atoms with Gasteiger partial charge in [0.25, 0.3) is 0 Å². The van der Waals surface area contributed by atoms with E-state index in [1.54, 1.807) is 0 Å². The maximum atomic E-state index is 13.0. The van der Waals surface area contributed by atoms with Crippen LogP contribution in [0.25, 0.3) is 11.0 Å². The fourth-order valence-corrected chi connectivity index (χ4v) is 1.14. The molecule has 72 valence electrons. The molecule has 2 nitrogen and oxygen atoms in total. The van der Waals surface area contributed by atoms with Crippen LogP contribution in [0, 0.1) is 17.5 Å². The van der Waals surface area contributed by atoms with Crippen LogP contribution in [0.15, 0.2) is 27.4 Å². The van der Waals surface area contributed by atoms with E-state index >= 15 is 0 Å². The molecular formula is C9H3F3O2. The van der Waals surface area contributed by atoms with E-state index in [0.29, 0.717) is 6.07 Å². The molecule has 0 aliphatic rings. The topological polar surface area (TPSA) is 30.2 Å². The fourth-order valence-electron chi connectivity index (χ4n) is 1.14. The van der Waals surface area contributed by atoms with Gasteiger partial charge < -0.3 is 4.42 Å². The summed E-state index contributed by atoms with van der Waals surface area (Å²) in [5.74, 6) is -3.65. The van der Waals surface area contributed by atoms with Gasteiger partial charge in [-0.3, -0.25) is 0 Å². The lowest BCUT2D eigenvalue weighted by atomic mass is 10.2. The van der Waals surface area contributed by atoms with E-state index in [-0.39, 0.29) is 5.39 Å². The van der Waals surface area contributed by atoms with Gasteiger partial charge >= 0.3 is 5.63 Å². The molecule has 2 rings (SSSR count). The minimum atomic E-state index is -1.32. The van der Waals surface area contributed by atoms with Crippen molar-refractivity contribution >= 4 is 11.0 Å². The summed E-state index contributed by atoms with van der Waals surface area (Å²) < 4.78 is 43.0. The molecule has 0 amide bonds. The average Bonchev–Trinajstić information content (AvgIpc) is 2.14. The minimum Gasteiger partial charge on any atom is -0.419 e. The van der Waals surface area contributed by atoms with Crippen molar-refractivity contribution in [2.75, 3.05) is 0 Å².